The highest BCUT2D eigenvalue weighted by molar-refractivity contribution is 6.06. The maximum Gasteiger partial charge on any atom is 0.326 e. The summed E-state index contributed by atoms with van der Waals surface area (Å²) in [7, 11) is 1.47. The third-order valence-electron chi connectivity index (χ3n) is 2.97. The van der Waals surface area contributed by atoms with Crippen molar-refractivity contribution in [2.45, 2.75) is 13.0 Å². The largest absolute Gasteiger partial charge is 0.480 e. The average molecular weight is 247 g/mol. The summed E-state index contributed by atoms with van der Waals surface area (Å²) in [5.74, 6) is -1.39. The number of hydrogen-bond acceptors (Lipinski definition) is 3. The van der Waals surface area contributed by atoms with Crippen LogP contribution in [0.4, 0.5) is 0 Å². The normalized spacial score (nSPS) is 12.3. The summed E-state index contributed by atoms with van der Waals surface area (Å²) in [6.45, 7) is 1.47. The molecule has 1 unspecified atom stereocenters. The number of aromatic nitrogens is 2. The van der Waals surface area contributed by atoms with E-state index in [1.807, 2.05) is 6.07 Å². The van der Waals surface area contributed by atoms with E-state index >= 15 is 0 Å². The van der Waals surface area contributed by atoms with E-state index in [9.17, 15) is 9.59 Å². The Morgan fingerprint density at radius 1 is 1.44 bits per heavy atom. The number of para-hydroxylation sites is 1. The fourth-order valence-electron chi connectivity index (χ4n) is 1.68. The highest BCUT2D eigenvalue weighted by atomic mass is 16.4. The molecule has 1 heterocycles. The molecule has 1 atom stereocenters. The summed E-state index contributed by atoms with van der Waals surface area (Å²) in [4.78, 5) is 24.3. The van der Waals surface area contributed by atoms with Crippen molar-refractivity contribution in [3.8, 4) is 0 Å². The van der Waals surface area contributed by atoms with Crippen LogP contribution in [-0.2, 0) is 4.79 Å². The molecular weight excluding hydrogens is 234 g/mol. The number of likely N-dealkylation sites (N-methyl/N-ethyl adjacent to an activating group) is 1. The number of amides is 1. The van der Waals surface area contributed by atoms with Gasteiger partial charge in [0.1, 0.15) is 6.04 Å². The molecule has 2 aromatic rings. The van der Waals surface area contributed by atoms with Gasteiger partial charge >= 0.3 is 5.97 Å². The molecule has 1 aromatic heterocycles. The van der Waals surface area contributed by atoms with Crippen LogP contribution in [0.2, 0.25) is 0 Å². The molecule has 2 N–H and O–H groups in total. The molecule has 1 aromatic carbocycles. The van der Waals surface area contributed by atoms with Gasteiger partial charge < -0.3 is 10.0 Å². The number of benzene rings is 1. The molecule has 6 heteroatoms. The quantitative estimate of drug-likeness (QED) is 0.850. The molecule has 2 rings (SSSR count). The van der Waals surface area contributed by atoms with E-state index in [-0.39, 0.29) is 5.91 Å². The fourth-order valence-corrected chi connectivity index (χ4v) is 1.68. The van der Waals surface area contributed by atoms with Gasteiger partial charge in [-0.1, -0.05) is 12.1 Å². The maximum atomic E-state index is 12.2. The van der Waals surface area contributed by atoms with Crippen LogP contribution in [-0.4, -0.2) is 45.2 Å². The Hall–Kier alpha value is -2.37. The topological polar surface area (TPSA) is 86.3 Å². The zero-order chi connectivity index (χ0) is 13.3. The summed E-state index contributed by atoms with van der Waals surface area (Å²) >= 11 is 0. The predicted octanol–water partition coefficient (Wildman–Crippen LogP) is 1.11. The predicted molar refractivity (Wildman–Crippen MR) is 65.3 cm³/mol. The maximum absolute atomic E-state index is 12.2. The highest BCUT2D eigenvalue weighted by Crippen LogP contribution is 2.17. The lowest BCUT2D eigenvalue weighted by atomic mass is 10.1. The monoisotopic (exact) mass is 247 g/mol. The van der Waals surface area contributed by atoms with E-state index in [2.05, 4.69) is 10.2 Å². The first-order chi connectivity index (χ1) is 8.52. The van der Waals surface area contributed by atoms with E-state index < -0.39 is 12.0 Å². The molecule has 94 valence electrons. The van der Waals surface area contributed by atoms with Crippen molar-refractivity contribution in [3.05, 3.63) is 30.0 Å². The van der Waals surface area contributed by atoms with Gasteiger partial charge in [0.15, 0.2) is 0 Å². The van der Waals surface area contributed by atoms with Gasteiger partial charge in [-0.05, 0) is 13.0 Å². The van der Waals surface area contributed by atoms with E-state index in [0.29, 0.717) is 11.1 Å². The Kier molecular flexibility index (Phi) is 3.01. The van der Waals surface area contributed by atoms with Crippen molar-refractivity contribution < 1.29 is 14.7 Å². The zero-order valence-electron chi connectivity index (χ0n) is 10.0. The second-order valence-electron chi connectivity index (χ2n) is 4.07. The van der Waals surface area contributed by atoms with Gasteiger partial charge in [-0.3, -0.25) is 9.89 Å². The van der Waals surface area contributed by atoms with Crippen LogP contribution in [0.5, 0.6) is 0 Å². The number of H-pyrrole nitrogens is 1. The van der Waals surface area contributed by atoms with Crippen LogP contribution in [0.25, 0.3) is 10.9 Å². The molecule has 0 bridgehead atoms. The van der Waals surface area contributed by atoms with Gasteiger partial charge in [0.25, 0.3) is 5.91 Å². The molecule has 0 saturated carbocycles. The molecule has 0 spiro atoms. The minimum atomic E-state index is -1.04. The number of rotatable bonds is 3. The Balaban J connectivity index is 2.39. The number of aliphatic carboxylic acids is 1. The number of hydrogen-bond donors (Lipinski definition) is 2. The molecule has 0 radical (unpaired) electrons. The summed E-state index contributed by atoms with van der Waals surface area (Å²) in [5.41, 5.74) is 1.03. The van der Waals surface area contributed by atoms with Gasteiger partial charge in [-0.25, -0.2) is 4.79 Å². The van der Waals surface area contributed by atoms with Crippen LogP contribution in [0.3, 0.4) is 0 Å². The van der Waals surface area contributed by atoms with Crippen LogP contribution in [0.1, 0.15) is 17.3 Å². The van der Waals surface area contributed by atoms with Crippen molar-refractivity contribution in [3.63, 3.8) is 0 Å². The van der Waals surface area contributed by atoms with Gasteiger partial charge in [-0.2, -0.15) is 5.10 Å². The Labute approximate surface area is 103 Å². The number of nitrogens with zero attached hydrogens (tertiary/aromatic N) is 2. The smallest absolute Gasteiger partial charge is 0.326 e. The second kappa shape index (κ2) is 4.48. The zero-order valence-corrected chi connectivity index (χ0v) is 10.0. The standard InChI is InChI=1S/C12H13N3O3/c1-7(12(17)18)15(2)11(16)9-5-3-4-8-6-13-14-10(8)9/h3-7H,1-2H3,(H,13,14)(H,17,18). The molecule has 6 nitrogen and oxygen atoms in total. The molecule has 0 aliphatic rings. The number of carbonyl (C=O) groups is 2. The van der Waals surface area contributed by atoms with Gasteiger partial charge in [0, 0.05) is 12.4 Å². The van der Waals surface area contributed by atoms with Crippen LogP contribution >= 0.6 is 0 Å². The summed E-state index contributed by atoms with van der Waals surface area (Å²) in [5, 5.41) is 16.3. The van der Waals surface area contributed by atoms with E-state index in [4.69, 9.17) is 5.11 Å². The number of aromatic amines is 1. The Morgan fingerprint density at radius 2 is 2.17 bits per heavy atom. The van der Waals surface area contributed by atoms with E-state index in [1.165, 1.54) is 18.9 Å². The van der Waals surface area contributed by atoms with E-state index in [1.54, 1.807) is 18.3 Å². The minimum Gasteiger partial charge on any atom is -0.480 e. The highest BCUT2D eigenvalue weighted by Gasteiger charge is 2.24. The third kappa shape index (κ3) is 1.92. The van der Waals surface area contributed by atoms with Crippen molar-refractivity contribution in [1.82, 2.24) is 15.1 Å². The number of carboxylic acid groups (broad SMARTS) is 1. The number of nitrogens with one attached hydrogen (secondary N) is 1. The van der Waals surface area contributed by atoms with Gasteiger partial charge in [0.05, 0.1) is 17.3 Å². The van der Waals surface area contributed by atoms with Crippen LogP contribution in [0, 0.1) is 0 Å². The first kappa shape index (κ1) is 12.1. The fraction of sp³-hybridized carbons (Fsp3) is 0.250. The number of carboxylic acids is 1. The first-order valence-electron chi connectivity index (χ1n) is 5.44. The third-order valence-corrected chi connectivity index (χ3v) is 2.97. The Bertz CT molecular complexity index is 605. The van der Waals surface area contributed by atoms with Crippen LogP contribution < -0.4 is 0 Å². The molecule has 0 aliphatic heterocycles. The van der Waals surface area contributed by atoms with Crippen molar-refractivity contribution in [2.75, 3.05) is 7.05 Å². The first-order valence-corrected chi connectivity index (χ1v) is 5.44. The van der Waals surface area contributed by atoms with Crippen molar-refractivity contribution in [1.29, 1.82) is 0 Å². The molecule has 0 aliphatic carbocycles. The van der Waals surface area contributed by atoms with E-state index in [0.717, 1.165) is 5.39 Å². The average Bonchev–Trinajstić information content (AvgIpc) is 2.83. The molecule has 0 saturated heterocycles. The lowest BCUT2D eigenvalue weighted by Crippen LogP contribution is -2.40. The summed E-state index contributed by atoms with van der Waals surface area (Å²) in [6, 6.07) is 4.34. The summed E-state index contributed by atoms with van der Waals surface area (Å²) in [6.07, 6.45) is 1.62. The summed E-state index contributed by atoms with van der Waals surface area (Å²) < 4.78 is 0. The van der Waals surface area contributed by atoms with Gasteiger partial charge in [-0.15, -0.1) is 0 Å². The number of fused-ring (bicyclic) bond motifs is 1. The minimum absolute atomic E-state index is 0.347. The van der Waals surface area contributed by atoms with Gasteiger partial charge in [0.2, 0.25) is 0 Å². The number of carbonyl (C=O) groups excluding carboxylic acids is 1. The lowest BCUT2D eigenvalue weighted by Gasteiger charge is -2.21. The Morgan fingerprint density at radius 3 is 2.83 bits per heavy atom. The van der Waals surface area contributed by atoms with Crippen LogP contribution in [0.15, 0.2) is 24.4 Å². The van der Waals surface area contributed by atoms with Crippen molar-refractivity contribution in [2.24, 2.45) is 0 Å². The molecule has 18 heavy (non-hydrogen) atoms. The molecule has 0 fully saturated rings. The molecule has 1 amide bonds. The second-order valence-corrected chi connectivity index (χ2v) is 4.07. The lowest BCUT2D eigenvalue weighted by molar-refractivity contribution is -0.141. The van der Waals surface area contributed by atoms with Crippen molar-refractivity contribution >= 4 is 22.8 Å². The molecular formula is C12H13N3O3. The SMILES string of the molecule is CC(C(=O)O)N(C)C(=O)c1cccc2cn[nH]c12.